The largest absolute Gasteiger partial charge is 0.357 e. The molecule has 0 radical (unpaired) electrons. The number of nitrogens with zero attached hydrogens (tertiary/aromatic N) is 2. The topological polar surface area (TPSA) is 56.7 Å². The monoisotopic (exact) mass is 392 g/mol. The molecule has 0 fully saturated rings. The minimum atomic E-state index is 0.0165. The summed E-state index contributed by atoms with van der Waals surface area (Å²) < 4.78 is 0. The Morgan fingerprint density at radius 1 is 1.10 bits per heavy atom. The van der Waals surface area contributed by atoms with Crippen LogP contribution in [0.5, 0.6) is 0 Å². The van der Waals surface area contributed by atoms with Crippen molar-refractivity contribution in [1.29, 1.82) is 0 Å². The lowest BCUT2D eigenvalue weighted by Crippen LogP contribution is -2.39. The summed E-state index contributed by atoms with van der Waals surface area (Å²) in [6, 6.07) is 16.5. The number of carbonyl (C=O) groups is 1. The quantitative estimate of drug-likeness (QED) is 0.584. The number of carbonyl (C=O) groups excluding carboxylic acids is 1. The summed E-state index contributed by atoms with van der Waals surface area (Å²) in [6.45, 7) is 4.37. The van der Waals surface area contributed by atoms with E-state index in [9.17, 15) is 4.79 Å². The third-order valence-electron chi connectivity index (χ3n) is 5.38. The number of nitrogens with one attached hydrogen (secondary N) is 2. The Morgan fingerprint density at radius 2 is 1.86 bits per heavy atom. The van der Waals surface area contributed by atoms with Crippen molar-refractivity contribution < 1.29 is 4.79 Å². The molecule has 0 bridgehead atoms. The molecule has 0 heterocycles. The number of benzene rings is 2. The number of amides is 1. The maximum Gasteiger partial charge on any atom is 0.253 e. The van der Waals surface area contributed by atoms with E-state index >= 15 is 0 Å². The van der Waals surface area contributed by atoms with Crippen LogP contribution in [0.25, 0.3) is 0 Å². The predicted molar refractivity (Wildman–Crippen MR) is 119 cm³/mol. The average molecular weight is 393 g/mol. The smallest absolute Gasteiger partial charge is 0.253 e. The molecule has 0 aliphatic heterocycles. The molecule has 154 valence electrons. The van der Waals surface area contributed by atoms with Gasteiger partial charge in [-0.2, -0.15) is 0 Å². The number of aliphatic imine (C=N–C) groups is 1. The number of hydrogen-bond acceptors (Lipinski definition) is 2. The third-order valence-corrected chi connectivity index (χ3v) is 5.38. The van der Waals surface area contributed by atoms with E-state index in [0.29, 0.717) is 18.0 Å². The Labute approximate surface area is 174 Å². The molecule has 0 saturated carbocycles. The first-order valence-electron chi connectivity index (χ1n) is 10.5. The van der Waals surface area contributed by atoms with Gasteiger partial charge in [0, 0.05) is 38.7 Å². The van der Waals surface area contributed by atoms with Gasteiger partial charge in [-0.05, 0) is 55.0 Å². The van der Waals surface area contributed by atoms with Gasteiger partial charge in [-0.3, -0.25) is 4.79 Å². The lowest BCUT2D eigenvalue weighted by molar-refractivity contribution is 0.0827. The molecule has 3 rings (SSSR count). The van der Waals surface area contributed by atoms with Gasteiger partial charge >= 0.3 is 0 Å². The molecule has 0 aromatic heterocycles. The van der Waals surface area contributed by atoms with Crippen molar-refractivity contribution in [3.05, 3.63) is 70.8 Å². The van der Waals surface area contributed by atoms with Gasteiger partial charge in [0.1, 0.15) is 0 Å². The summed E-state index contributed by atoms with van der Waals surface area (Å²) >= 11 is 0. The van der Waals surface area contributed by atoms with Gasteiger partial charge in [0.15, 0.2) is 5.96 Å². The van der Waals surface area contributed by atoms with E-state index in [1.54, 1.807) is 19.0 Å². The molecule has 5 nitrogen and oxygen atoms in total. The zero-order valence-electron chi connectivity index (χ0n) is 17.7. The van der Waals surface area contributed by atoms with Gasteiger partial charge in [-0.1, -0.05) is 36.4 Å². The zero-order valence-corrected chi connectivity index (χ0v) is 17.7. The predicted octanol–water partition coefficient (Wildman–Crippen LogP) is 3.56. The van der Waals surface area contributed by atoms with Crippen molar-refractivity contribution in [2.75, 3.05) is 27.2 Å². The molecule has 29 heavy (non-hydrogen) atoms. The molecule has 0 spiro atoms. The molecule has 2 aromatic rings. The highest BCUT2D eigenvalue weighted by atomic mass is 16.2. The van der Waals surface area contributed by atoms with E-state index in [1.165, 1.54) is 30.4 Å². The second kappa shape index (κ2) is 10.1. The Hall–Kier alpha value is -2.82. The molecular weight excluding hydrogens is 360 g/mol. The van der Waals surface area contributed by atoms with Crippen LogP contribution < -0.4 is 10.6 Å². The van der Waals surface area contributed by atoms with Crippen molar-refractivity contribution in [3.8, 4) is 0 Å². The van der Waals surface area contributed by atoms with Crippen LogP contribution in [0, 0.1) is 0 Å². The third kappa shape index (κ3) is 5.59. The van der Waals surface area contributed by atoms with E-state index in [2.05, 4.69) is 41.8 Å². The first kappa shape index (κ1) is 20.9. The van der Waals surface area contributed by atoms with Crippen LogP contribution in [0.4, 0.5) is 0 Å². The maximum atomic E-state index is 12.0. The molecule has 1 aliphatic carbocycles. The number of aryl methyl sites for hydroxylation is 1. The van der Waals surface area contributed by atoms with E-state index in [1.807, 2.05) is 24.3 Å². The van der Waals surface area contributed by atoms with E-state index in [4.69, 9.17) is 4.99 Å². The molecular formula is C24H32N4O. The average Bonchev–Trinajstić information content (AvgIpc) is 2.75. The number of fused-ring (bicyclic) bond motifs is 1. The summed E-state index contributed by atoms with van der Waals surface area (Å²) in [5.74, 6) is 1.38. The Bertz CT molecular complexity index is 842. The van der Waals surface area contributed by atoms with E-state index < -0.39 is 0 Å². The number of guanidine groups is 1. The van der Waals surface area contributed by atoms with Gasteiger partial charge < -0.3 is 15.5 Å². The van der Waals surface area contributed by atoms with Crippen molar-refractivity contribution in [2.24, 2.45) is 4.99 Å². The van der Waals surface area contributed by atoms with E-state index in [-0.39, 0.29) is 5.91 Å². The van der Waals surface area contributed by atoms with Gasteiger partial charge in [-0.15, -0.1) is 0 Å². The minimum absolute atomic E-state index is 0.0165. The van der Waals surface area contributed by atoms with Gasteiger partial charge in [0.05, 0.1) is 6.54 Å². The summed E-state index contributed by atoms with van der Waals surface area (Å²) in [4.78, 5) is 18.3. The Balaban J connectivity index is 1.61. The summed E-state index contributed by atoms with van der Waals surface area (Å²) in [5, 5.41) is 6.86. The SMILES string of the molecule is CCNC(=NCc1ccc(C(=O)N(C)C)cc1)NCC1CCCc2ccccc21. The lowest BCUT2D eigenvalue weighted by atomic mass is 9.83. The molecule has 1 aliphatic rings. The molecule has 5 heteroatoms. The second-order valence-electron chi connectivity index (χ2n) is 7.76. The molecule has 2 aromatic carbocycles. The minimum Gasteiger partial charge on any atom is -0.357 e. The van der Waals surface area contributed by atoms with Gasteiger partial charge in [-0.25, -0.2) is 4.99 Å². The lowest BCUT2D eigenvalue weighted by Gasteiger charge is -2.26. The maximum absolute atomic E-state index is 12.0. The van der Waals surface area contributed by atoms with Crippen LogP contribution in [-0.2, 0) is 13.0 Å². The standard InChI is InChI=1S/C24H32N4O/c1-4-25-24(26-16-18-12-14-20(15-13-18)23(29)28(2)3)27-17-21-10-7-9-19-8-5-6-11-22(19)21/h5-6,8,11-15,21H,4,7,9-10,16-17H2,1-3H3,(H2,25,26,27). The highest BCUT2D eigenvalue weighted by Crippen LogP contribution is 2.30. The molecule has 1 amide bonds. The molecule has 2 N–H and O–H groups in total. The first-order chi connectivity index (χ1) is 14.1. The highest BCUT2D eigenvalue weighted by molar-refractivity contribution is 5.93. The normalized spacial score (nSPS) is 16.1. The first-order valence-corrected chi connectivity index (χ1v) is 10.5. The summed E-state index contributed by atoms with van der Waals surface area (Å²) in [7, 11) is 3.53. The van der Waals surface area contributed by atoms with Crippen LogP contribution in [0.2, 0.25) is 0 Å². The molecule has 0 saturated heterocycles. The summed E-state index contributed by atoms with van der Waals surface area (Å²) in [5.41, 5.74) is 4.74. The van der Waals surface area contributed by atoms with Crippen LogP contribution in [0.1, 0.15) is 52.7 Å². The van der Waals surface area contributed by atoms with Crippen LogP contribution in [0.3, 0.4) is 0 Å². The Morgan fingerprint density at radius 3 is 2.59 bits per heavy atom. The van der Waals surface area contributed by atoms with Gasteiger partial charge in [0.2, 0.25) is 0 Å². The zero-order chi connectivity index (χ0) is 20.6. The second-order valence-corrected chi connectivity index (χ2v) is 7.76. The van der Waals surface area contributed by atoms with Crippen molar-refractivity contribution in [2.45, 2.75) is 38.6 Å². The fraction of sp³-hybridized carbons (Fsp3) is 0.417. The fourth-order valence-electron chi connectivity index (χ4n) is 3.81. The van der Waals surface area contributed by atoms with Crippen LogP contribution in [-0.4, -0.2) is 44.0 Å². The molecule has 1 atom stereocenters. The fourth-order valence-corrected chi connectivity index (χ4v) is 3.81. The summed E-state index contributed by atoms with van der Waals surface area (Å²) in [6.07, 6.45) is 3.65. The van der Waals surface area contributed by atoms with Crippen molar-refractivity contribution in [3.63, 3.8) is 0 Å². The van der Waals surface area contributed by atoms with E-state index in [0.717, 1.165) is 24.6 Å². The molecule has 1 unspecified atom stereocenters. The van der Waals surface area contributed by atoms with Crippen LogP contribution >= 0.6 is 0 Å². The van der Waals surface area contributed by atoms with Crippen LogP contribution in [0.15, 0.2) is 53.5 Å². The van der Waals surface area contributed by atoms with Crippen molar-refractivity contribution >= 4 is 11.9 Å². The van der Waals surface area contributed by atoms with Gasteiger partial charge in [0.25, 0.3) is 5.91 Å². The Kier molecular flexibility index (Phi) is 7.28. The number of rotatable bonds is 6. The van der Waals surface area contributed by atoms with Crippen molar-refractivity contribution in [1.82, 2.24) is 15.5 Å². The highest BCUT2D eigenvalue weighted by Gasteiger charge is 2.19. The number of hydrogen-bond donors (Lipinski definition) is 2.